The quantitative estimate of drug-likeness (QED) is 0.261. The van der Waals surface area contributed by atoms with Gasteiger partial charge in [0, 0.05) is 19.4 Å². The van der Waals surface area contributed by atoms with E-state index < -0.39 is 57.9 Å². The molecule has 0 aliphatic carbocycles. The molecule has 36 heavy (non-hydrogen) atoms. The van der Waals surface area contributed by atoms with Crippen LogP contribution in [-0.4, -0.2) is 80.1 Å². The molecule has 0 saturated carbocycles. The van der Waals surface area contributed by atoms with Crippen molar-refractivity contribution in [3.63, 3.8) is 0 Å². The van der Waals surface area contributed by atoms with E-state index in [0.29, 0.717) is 26.1 Å². The maximum Gasteiger partial charge on any atom is 0.523 e. The van der Waals surface area contributed by atoms with Crippen LogP contribution in [0.5, 0.6) is 5.75 Å². The van der Waals surface area contributed by atoms with Gasteiger partial charge in [0.15, 0.2) is 0 Å². The number of benzene rings is 1. The monoisotopic (exact) mass is 542 g/mol. The molecule has 2 aliphatic heterocycles. The topological polar surface area (TPSA) is 121 Å². The highest BCUT2D eigenvalue weighted by Gasteiger charge is 2.56. The summed E-state index contributed by atoms with van der Waals surface area (Å²) >= 11 is 0. The lowest BCUT2D eigenvalue weighted by atomic mass is 9.74. The molecule has 2 fully saturated rings. The number of rotatable bonds is 10. The zero-order valence-electron chi connectivity index (χ0n) is 20.4. The summed E-state index contributed by atoms with van der Waals surface area (Å²) < 4.78 is 86.8. The van der Waals surface area contributed by atoms with Crippen molar-refractivity contribution in [2.75, 3.05) is 20.3 Å². The normalized spacial score (nSPS) is 33.2. The Kier molecular flexibility index (Phi) is 8.96. The molecule has 0 bridgehead atoms. The van der Waals surface area contributed by atoms with E-state index in [-0.39, 0.29) is 12.8 Å². The summed E-state index contributed by atoms with van der Waals surface area (Å²) in [6, 6.07) is 7.49. The molecule has 9 nitrogen and oxygen atoms in total. The van der Waals surface area contributed by atoms with Crippen molar-refractivity contribution in [1.29, 1.82) is 0 Å². The van der Waals surface area contributed by atoms with E-state index in [1.807, 2.05) is 24.3 Å². The molecule has 2 N–H and O–H groups in total. The highest BCUT2D eigenvalue weighted by atomic mass is 32.2. The van der Waals surface area contributed by atoms with E-state index in [0.717, 1.165) is 11.3 Å². The van der Waals surface area contributed by atoms with Gasteiger partial charge >= 0.3 is 15.6 Å². The molecular formula is C23H33F3O9S. The smallest absolute Gasteiger partial charge is 0.497 e. The maximum absolute atomic E-state index is 12.6. The lowest BCUT2D eigenvalue weighted by molar-refractivity contribution is -0.308. The van der Waals surface area contributed by atoms with Crippen molar-refractivity contribution in [1.82, 2.24) is 0 Å². The Hall–Kier alpha value is -1.48. The van der Waals surface area contributed by atoms with Crippen LogP contribution in [0.25, 0.3) is 0 Å². The van der Waals surface area contributed by atoms with Crippen LogP contribution in [0, 0.1) is 0 Å². The van der Waals surface area contributed by atoms with Crippen LogP contribution in [-0.2, 0) is 35.1 Å². The van der Waals surface area contributed by atoms with Gasteiger partial charge in [0.25, 0.3) is 0 Å². The molecule has 0 spiro atoms. The minimum Gasteiger partial charge on any atom is -0.497 e. The Morgan fingerprint density at radius 2 is 1.86 bits per heavy atom. The third-order valence-corrected chi connectivity index (χ3v) is 7.58. The second-order valence-electron chi connectivity index (χ2n) is 9.65. The first-order chi connectivity index (χ1) is 16.7. The molecule has 3 rings (SSSR count). The van der Waals surface area contributed by atoms with Gasteiger partial charge in [-0.1, -0.05) is 12.1 Å². The summed E-state index contributed by atoms with van der Waals surface area (Å²) in [6.45, 7) is 3.02. The van der Waals surface area contributed by atoms with Crippen molar-refractivity contribution in [3.05, 3.63) is 29.8 Å². The largest absolute Gasteiger partial charge is 0.523 e. The molecule has 2 saturated heterocycles. The Labute approximate surface area is 208 Å². The van der Waals surface area contributed by atoms with Crippen molar-refractivity contribution in [3.8, 4) is 5.75 Å². The average molecular weight is 543 g/mol. The van der Waals surface area contributed by atoms with E-state index in [2.05, 4.69) is 4.18 Å². The number of fused-ring (bicyclic) bond motifs is 1. The van der Waals surface area contributed by atoms with Crippen molar-refractivity contribution in [2.45, 2.75) is 87.3 Å². The summed E-state index contributed by atoms with van der Waals surface area (Å²) in [7, 11) is -4.23. The predicted molar refractivity (Wildman–Crippen MR) is 121 cm³/mol. The summed E-state index contributed by atoms with van der Waals surface area (Å²) in [4.78, 5) is 0. The lowest BCUT2D eigenvalue weighted by Crippen LogP contribution is -2.66. The Morgan fingerprint density at radius 1 is 1.19 bits per heavy atom. The number of alkyl halides is 3. The summed E-state index contributed by atoms with van der Waals surface area (Å²) in [5, 5.41) is 21.4. The van der Waals surface area contributed by atoms with Gasteiger partial charge in [-0.3, -0.25) is 4.18 Å². The number of halogens is 3. The third kappa shape index (κ3) is 6.88. The minimum absolute atomic E-state index is 0.0167. The van der Waals surface area contributed by atoms with Crippen LogP contribution in [0.4, 0.5) is 13.2 Å². The summed E-state index contributed by atoms with van der Waals surface area (Å²) in [5.74, 6) is 0.754. The number of methoxy groups -OCH3 is 1. The second-order valence-corrected chi connectivity index (χ2v) is 11.3. The Balaban J connectivity index is 1.51. The zero-order chi connectivity index (χ0) is 26.8. The molecule has 6 atom stereocenters. The van der Waals surface area contributed by atoms with Gasteiger partial charge in [-0.2, -0.15) is 21.6 Å². The van der Waals surface area contributed by atoms with Crippen molar-refractivity contribution >= 4 is 10.1 Å². The van der Waals surface area contributed by atoms with Gasteiger partial charge < -0.3 is 29.2 Å². The summed E-state index contributed by atoms with van der Waals surface area (Å²) in [6.07, 6.45) is -2.80. The first-order valence-electron chi connectivity index (χ1n) is 11.6. The fourth-order valence-corrected chi connectivity index (χ4v) is 5.12. The molecule has 0 unspecified atom stereocenters. The molecule has 1 aromatic carbocycles. The molecular weight excluding hydrogens is 509 g/mol. The first kappa shape index (κ1) is 29.1. The third-order valence-electron chi connectivity index (χ3n) is 6.57. The van der Waals surface area contributed by atoms with Crippen molar-refractivity contribution in [2.24, 2.45) is 0 Å². The van der Waals surface area contributed by atoms with E-state index in [9.17, 15) is 31.8 Å². The van der Waals surface area contributed by atoms with Gasteiger partial charge in [0.1, 0.15) is 11.9 Å². The lowest BCUT2D eigenvalue weighted by Gasteiger charge is -2.55. The van der Waals surface area contributed by atoms with Crippen molar-refractivity contribution < 1.29 is 54.9 Å². The van der Waals surface area contributed by atoms with E-state index >= 15 is 0 Å². The van der Waals surface area contributed by atoms with Gasteiger partial charge in [0.2, 0.25) is 0 Å². The van der Waals surface area contributed by atoms with E-state index in [1.54, 1.807) is 21.0 Å². The van der Waals surface area contributed by atoms with Gasteiger partial charge in [0.05, 0.1) is 49.8 Å². The fraction of sp³-hybridized carbons (Fsp3) is 0.739. The minimum atomic E-state index is -5.83. The fourth-order valence-electron chi connectivity index (χ4n) is 4.68. The molecule has 0 amide bonds. The highest BCUT2D eigenvalue weighted by Crippen LogP contribution is 2.45. The van der Waals surface area contributed by atoms with Crippen LogP contribution in [0.1, 0.15) is 45.1 Å². The molecule has 2 aliphatic rings. The number of ether oxygens (including phenoxy) is 4. The highest BCUT2D eigenvalue weighted by molar-refractivity contribution is 7.87. The molecule has 0 aromatic heterocycles. The Morgan fingerprint density at radius 3 is 2.47 bits per heavy atom. The van der Waals surface area contributed by atoms with E-state index in [1.165, 1.54) is 0 Å². The number of aliphatic hydroxyl groups is 2. The molecule has 206 valence electrons. The SMILES string of the molecule is COc1ccc(COCCC[C@@H]2O[C@@H]3C[C@H](O)[C@@H](COS(=O)(=O)C(F)(F)F)O[C@@]3(C)C[C@@]2(C)O)cc1. The van der Waals surface area contributed by atoms with Crippen LogP contribution < -0.4 is 4.74 Å². The van der Waals surface area contributed by atoms with Gasteiger partial charge in [-0.25, -0.2) is 0 Å². The van der Waals surface area contributed by atoms with Gasteiger partial charge in [-0.15, -0.1) is 0 Å². The van der Waals surface area contributed by atoms with Gasteiger partial charge in [-0.05, 0) is 44.4 Å². The number of aliphatic hydroxyl groups excluding tert-OH is 1. The van der Waals surface area contributed by atoms with Crippen LogP contribution in [0.3, 0.4) is 0 Å². The molecule has 2 heterocycles. The average Bonchev–Trinajstić information content (AvgIpc) is 2.78. The maximum atomic E-state index is 12.6. The number of hydrogen-bond donors (Lipinski definition) is 2. The second kappa shape index (κ2) is 11.1. The predicted octanol–water partition coefficient (Wildman–Crippen LogP) is 2.68. The zero-order valence-corrected chi connectivity index (χ0v) is 21.2. The van der Waals surface area contributed by atoms with E-state index in [4.69, 9.17) is 18.9 Å². The molecule has 1 aromatic rings. The molecule has 13 heteroatoms. The van der Waals surface area contributed by atoms with Crippen LogP contribution in [0.15, 0.2) is 24.3 Å². The van der Waals surface area contributed by atoms with Crippen LogP contribution in [0.2, 0.25) is 0 Å². The Bertz CT molecular complexity index is 968. The molecule has 0 radical (unpaired) electrons. The number of hydrogen-bond acceptors (Lipinski definition) is 9. The van der Waals surface area contributed by atoms with Crippen LogP contribution >= 0.6 is 0 Å². The summed E-state index contributed by atoms with van der Waals surface area (Å²) in [5.41, 5.74) is -7.10. The standard InChI is InChI=1S/C23H33F3O9S/c1-21(28)14-22(2)20(11-17(27)18(35-22)13-33-36(29,30)23(24,25)26)34-19(21)5-4-10-32-12-15-6-8-16(31-3)9-7-15/h6-9,17-20,27-28H,4-5,10-14H2,1-3H3/t17-,18+,19-,20+,21+,22-/m0/s1. The first-order valence-corrected chi connectivity index (χ1v) is 13.0.